The van der Waals surface area contributed by atoms with Gasteiger partial charge < -0.3 is 9.42 Å². The minimum Gasteiger partial charge on any atom is -0.328 e. The molecule has 0 saturated carbocycles. The van der Waals surface area contributed by atoms with Crippen LogP contribution in [0.2, 0.25) is 0 Å². The van der Waals surface area contributed by atoms with Gasteiger partial charge in [-0.05, 0) is 12.3 Å². The van der Waals surface area contributed by atoms with Crippen LogP contribution in [0.3, 0.4) is 0 Å². The average molecular weight is 259 g/mol. The lowest BCUT2D eigenvalue weighted by Gasteiger charge is -2.20. The standard InChI is InChI=1S/C7H16BrO3P/c1-6(8)11-12(9)10-5-7(2,3)4/h6,9H,5H2,1-4H3. The zero-order valence-electron chi connectivity index (χ0n) is 7.87. The zero-order valence-corrected chi connectivity index (χ0v) is 10.4. The molecule has 2 atom stereocenters. The van der Waals surface area contributed by atoms with Gasteiger partial charge >= 0.3 is 8.60 Å². The van der Waals surface area contributed by atoms with Gasteiger partial charge in [0.25, 0.3) is 0 Å². The van der Waals surface area contributed by atoms with Crippen molar-refractivity contribution in [3.8, 4) is 0 Å². The summed E-state index contributed by atoms with van der Waals surface area (Å²) in [6, 6.07) is 0. The molecule has 0 aliphatic carbocycles. The smallest absolute Gasteiger partial charge is 0.328 e. The molecule has 0 aromatic rings. The molecular weight excluding hydrogens is 243 g/mol. The molecule has 12 heavy (non-hydrogen) atoms. The predicted octanol–water partition coefficient (Wildman–Crippen LogP) is 3.03. The normalized spacial score (nSPS) is 17.5. The summed E-state index contributed by atoms with van der Waals surface area (Å²) in [7, 11) is -1.73. The van der Waals surface area contributed by atoms with E-state index in [9.17, 15) is 4.89 Å². The molecule has 0 aliphatic heterocycles. The van der Waals surface area contributed by atoms with Gasteiger partial charge in [0.05, 0.1) is 6.61 Å². The van der Waals surface area contributed by atoms with Crippen molar-refractivity contribution in [1.82, 2.24) is 0 Å². The van der Waals surface area contributed by atoms with E-state index in [2.05, 4.69) is 15.9 Å². The second-order valence-electron chi connectivity index (χ2n) is 3.72. The predicted molar refractivity (Wildman–Crippen MR) is 54.0 cm³/mol. The molecule has 0 rings (SSSR count). The molecule has 0 fully saturated rings. The van der Waals surface area contributed by atoms with Crippen LogP contribution in [0.1, 0.15) is 27.7 Å². The fourth-order valence-electron chi connectivity index (χ4n) is 0.404. The Labute approximate surface area is 83.6 Å². The van der Waals surface area contributed by atoms with Gasteiger partial charge in [0.15, 0.2) is 0 Å². The van der Waals surface area contributed by atoms with E-state index < -0.39 is 8.60 Å². The molecule has 2 unspecified atom stereocenters. The molecular formula is C7H16BrO3P. The van der Waals surface area contributed by atoms with E-state index in [-0.39, 0.29) is 10.4 Å². The van der Waals surface area contributed by atoms with Crippen LogP contribution in [-0.2, 0) is 9.05 Å². The summed E-state index contributed by atoms with van der Waals surface area (Å²) in [5, 5.41) is -0.173. The SMILES string of the molecule is CC(Br)OP(O)OCC(C)(C)C. The van der Waals surface area contributed by atoms with E-state index in [0.29, 0.717) is 6.61 Å². The number of hydrogen-bond donors (Lipinski definition) is 1. The summed E-state index contributed by atoms with van der Waals surface area (Å²) < 4.78 is 10.0. The maximum atomic E-state index is 9.17. The van der Waals surface area contributed by atoms with Crippen molar-refractivity contribution in [2.75, 3.05) is 6.61 Å². The van der Waals surface area contributed by atoms with Gasteiger partial charge in [-0.3, -0.25) is 4.52 Å². The van der Waals surface area contributed by atoms with Crippen molar-refractivity contribution in [2.24, 2.45) is 5.41 Å². The van der Waals surface area contributed by atoms with Gasteiger partial charge in [-0.25, -0.2) is 0 Å². The monoisotopic (exact) mass is 258 g/mol. The lowest BCUT2D eigenvalue weighted by atomic mass is 9.99. The van der Waals surface area contributed by atoms with E-state index >= 15 is 0 Å². The van der Waals surface area contributed by atoms with Crippen molar-refractivity contribution in [3.05, 3.63) is 0 Å². The molecule has 5 heteroatoms. The highest BCUT2D eigenvalue weighted by Gasteiger charge is 2.16. The highest BCUT2D eigenvalue weighted by Crippen LogP contribution is 2.37. The lowest BCUT2D eigenvalue weighted by molar-refractivity contribution is 0.146. The molecule has 0 aliphatic rings. The largest absolute Gasteiger partial charge is 0.330 e. The number of hydrogen-bond acceptors (Lipinski definition) is 3. The summed E-state index contributed by atoms with van der Waals surface area (Å²) >= 11 is 3.15. The second-order valence-corrected chi connectivity index (χ2v) is 5.95. The Morgan fingerprint density at radius 3 is 2.33 bits per heavy atom. The molecule has 0 spiro atoms. The first-order valence-corrected chi connectivity index (χ1v) is 5.78. The molecule has 0 aromatic carbocycles. The van der Waals surface area contributed by atoms with Gasteiger partial charge in [-0.2, -0.15) is 0 Å². The minimum atomic E-state index is -1.73. The third-order valence-corrected chi connectivity index (χ3v) is 2.17. The van der Waals surface area contributed by atoms with Crippen LogP contribution in [0, 0.1) is 5.41 Å². The first-order chi connectivity index (χ1) is 5.31. The van der Waals surface area contributed by atoms with Crippen molar-refractivity contribution in [3.63, 3.8) is 0 Å². The van der Waals surface area contributed by atoms with Crippen molar-refractivity contribution in [2.45, 2.75) is 32.7 Å². The summed E-state index contributed by atoms with van der Waals surface area (Å²) in [5.74, 6) is 0. The molecule has 3 nitrogen and oxygen atoms in total. The summed E-state index contributed by atoms with van der Waals surface area (Å²) in [6.07, 6.45) is 0. The zero-order chi connectivity index (χ0) is 9.78. The van der Waals surface area contributed by atoms with Crippen LogP contribution in [-0.4, -0.2) is 16.5 Å². The minimum absolute atomic E-state index is 0.0578. The molecule has 0 bridgehead atoms. The van der Waals surface area contributed by atoms with Crippen LogP contribution >= 0.6 is 24.5 Å². The molecule has 1 N–H and O–H groups in total. The van der Waals surface area contributed by atoms with Gasteiger partial charge in [-0.1, -0.05) is 36.7 Å². The molecule has 0 amide bonds. The van der Waals surface area contributed by atoms with Gasteiger partial charge in [0.1, 0.15) is 5.01 Å². The highest BCUT2D eigenvalue weighted by atomic mass is 79.9. The number of alkyl halides is 1. The van der Waals surface area contributed by atoms with Crippen molar-refractivity contribution >= 4 is 24.5 Å². The Balaban J connectivity index is 3.51. The third-order valence-electron chi connectivity index (χ3n) is 0.843. The molecule has 74 valence electrons. The van der Waals surface area contributed by atoms with E-state index in [4.69, 9.17) is 9.05 Å². The Morgan fingerprint density at radius 1 is 1.50 bits per heavy atom. The Bertz CT molecular complexity index is 124. The van der Waals surface area contributed by atoms with Gasteiger partial charge in [0.2, 0.25) is 0 Å². The topological polar surface area (TPSA) is 38.7 Å². The summed E-state index contributed by atoms with van der Waals surface area (Å²) in [5.41, 5.74) is 0.0578. The summed E-state index contributed by atoms with van der Waals surface area (Å²) in [6.45, 7) is 8.39. The molecule has 0 heterocycles. The van der Waals surface area contributed by atoms with Crippen LogP contribution < -0.4 is 0 Å². The lowest BCUT2D eigenvalue weighted by Crippen LogP contribution is -2.13. The summed E-state index contributed by atoms with van der Waals surface area (Å²) in [4.78, 5) is 9.17. The number of halogens is 1. The quantitative estimate of drug-likeness (QED) is 0.623. The van der Waals surface area contributed by atoms with Gasteiger partial charge in [0, 0.05) is 0 Å². The van der Waals surface area contributed by atoms with Crippen LogP contribution in [0.4, 0.5) is 0 Å². The van der Waals surface area contributed by atoms with E-state index in [1.165, 1.54) is 0 Å². The fraction of sp³-hybridized carbons (Fsp3) is 1.00. The second kappa shape index (κ2) is 5.51. The van der Waals surface area contributed by atoms with Crippen LogP contribution in [0.5, 0.6) is 0 Å². The first kappa shape index (κ1) is 12.8. The van der Waals surface area contributed by atoms with Gasteiger partial charge in [-0.15, -0.1) is 0 Å². The van der Waals surface area contributed by atoms with Crippen LogP contribution in [0.25, 0.3) is 0 Å². The Morgan fingerprint density at radius 2 is 2.00 bits per heavy atom. The van der Waals surface area contributed by atoms with Crippen LogP contribution in [0.15, 0.2) is 0 Å². The highest BCUT2D eigenvalue weighted by molar-refractivity contribution is 9.09. The molecule has 0 radical (unpaired) electrons. The number of rotatable bonds is 4. The maximum Gasteiger partial charge on any atom is 0.330 e. The van der Waals surface area contributed by atoms with Crippen molar-refractivity contribution < 1.29 is 13.9 Å². The first-order valence-electron chi connectivity index (χ1n) is 3.74. The average Bonchev–Trinajstić information content (AvgIpc) is 1.80. The Kier molecular flexibility index (Phi) is 5.87. The molecule has 0 aromatic heterocycles. The van der Waals surface area contributed by atoms with Crippen molar-refractivity contribution in [1.29, 1.82) is 0 Å². The fourth-order valence-corrected chi connectivity index (χ4v) is 1.64. The molecule has 0 saturated heterocycles. The third kappa shape index (κ3) is 8.88. The van der Waals surface area contributed by atoms with E-state index in [1.54, 1.807) is 6.92 Å². The van der Waals surface area contributed by atoms with E-state index in [0.717, 1.165) is 0 Å². The van der Waals surface area contributed by atoms with E-state index in [1.807, 2.05) is 20.8 Å². The maximum absolute atomic E-state index is 9.17. The Hall–Kier alpha value is 0.790.